The van der Waals surface area contributed by atoms with Crippen LogP contribution in [0.2, 0.25) is 0 Å². The molecule has 0 spiro atoms. The van der Waals surface area contributed by atoms with E-state index in [2.05, 4.69) is 15.4 Å². The van der Waals surface area contributed by atoms with Crippen molar-refractivity contribution in [2.24, 2.45) is 5.73 Å². The SMILES string of the molecule is COC(=O)CC1=C(C(=O)OC)C(c2cccc(NC(=O)Nc3ccc(OC)cc3)c2)C(C#N)=C(N)O1. The van der Waals surface area contributed by atoms with Gasteiger partial charge in [0.15, 0.2) is 0 Å². The summed E-state index contributed by atoms with van der Waals surface area (Å²) < 4.78 is 20.1. The Labute approximate surface area is 207 Å². The molecule has 1 aliphatic rings. The first-order valence-corrected chi connectivity index (χ1v) is 10.6. The Morgan fingerprint density at radius 3 is 2.33 bits per heavy atom. The number of benzene rings is 2. The van der Waals surface area contributed by atoms with Crippen LogP contribution in [0, 0.1) is 11.3 Å². The number of amides is 2. The summed E-state index contributed by atoms with van der Waals surface area (Å²) in [5.41, 5.74) is 7.18. The number of esters is 2. The van der Waals surface area contributed by atoms with Gasteiger partial charge in [-0.05, 0) is 42.0 Å². The molecule has 0 bridgehead atoms. The van der Waals surface area contributed by atoms with Crippen LogP contribution in [0.4, 0.5) is 16.2 Å². The van der Waals surface area contributed by atoms with Crippen molar-refractivity contribution >= 4 is 29.3 Å². The van der Waals surface area contributed by atoms with Crippen molar-refractivity contribution in [2.75, 3.05) is 32.0 Å². The van der Waals surface area contributed by atoms with E-state index >= 15 is 0 Å². The third kappa shape index (κ3) is 5.74. The first-order valence-electron chi connectivity index (χ1n) is 10.6. The summed E-state index contributed by atoms with van der Waals surface area (Å²) in [5, 5.41) is 15.2. The number of nitrogens with two attached hydrogens (primary N) is 1. The summed E-state index contributed by atoms with van der Waals surface area (Å²) in [4.78, 5) is 37.2. The molecule has 2 aromatic carbocycles. The predicted molar refractivity (Wildman–Crippen MR) is 128 cm³/mol. The molecule has 0 radical (unpaired) electrons. The van der Waals surface area contributed by atoms with Crippen molar-refractivity contribution in [1.29, 1.82) is 5.26 Å². The number of carbonyl (C=O) groups is 3. The van der Waals surface area contributed by atoms with E-state index in [1.165, 1.54) is 7.11 Å². The molecule has 11 nitrogen and oxygen atoms in total. The van der Waals surface area contributed by atoms with Crippen molar-refractivity contribution in [3.05, 3.63) is 76.9 Å². The molecule has 0 fully saturated rings. The smallest absolute Gasteiger partial charge is 0.338 e. The molecule has 1 unspecified atom stereocenters. The molecule has 0 saturated carbocycles. The maximum atomic E-state index is 12.7. The zero-order chi connectivity index (χ0) is 26.2. The number of allylic oxidation sites excluding steroid dienone is 1. The lowest BCUT2D eigenvalue weighted by atomic mass is 9.82. The van der Waals surface area contributed by atoms with Crippen LogP contribution in [0.15, 0.2) is 71.3 Å². The monoisotopic (exact) mass is 492 g/mol. The Morgan fingerprint density at radius 2 is 1.72 bits per heavy atom. The highest BCUT2D eigenvalue weighted by Crippen LogP contribution is 2.41. The van der Waals surface area contributed by atoms with Gasteiger partial charge in [-0.3, -0.25) is 4.79 Å². The Balaban J connectivity index is 1.94. The van der Waals surface area contributed by atoms with Crippen molar-refractivity contribution in [1.82, 2.24) is 0 Å². The van der Waals surface area contributed by atoms with Crippen LogP contribution in [-0.2, 0) is 23.8 Å². The summed E-state index contributed by atoms with van der Waals surface area (Å²) in [7, 11) is 3.89. The first-order chi connectivity index (χ1) is 17.3. The largest absolute Gasteiger partial charge is 0.497 e. The molecule has 3 rings (SSSR count). The molecule has 186 valence electrons. The van der Waals surface area contributed by atoms with E-state index in [0.29, 0.717) is 22.7 Å². The van der Waals surface area contributed by atoms with Gasteiger partial charge in [0.05, 0.1) is 32.8 Å². The summed E-state index contributed by atoms with van der Waals surface area (Å²) in [5.74, 6) is -2.21. The number of anilines is 2. The number of methoxy groups -OCH3 is 3. The van der Waals surface area contributed by atoms with Crippen LogP contribution < -0.4 is 21.1 Å². The molecule has 2 aromatic rings. The quantitative estimate of drug-likeness (QED) is 0.493. The number of urea groups is 1. The number of hydrogen-bond donors (Lipinski definition) is 3. The van der Waals surface area contributed by atoms with E-state index < -0.39 is 30.3 Å². The van der Waals surface area contributed by atoms with Crippen LogP contribution in [0.5, 0.6) is 5.75 Å². The van der Waals surface area contributed by atoms with Gasteiger partial charge in [-0.25, -0.2) is 9.59 Å². The lowest BCUT2D eigenvalue weighted by Crippen LogP contribution is -2.27. The van der Waals surface area contributed by atoms with Crippen molar-refractivity contribution < 1.29 is 33.3 Å². The Kier molecular flexibility index (Phi) is 8.14. The van der Waals surface area contributed by atoms with Crippen LogP contribution in [0.3, 0.4) is 0 Å². The fourth-order valence-corrected chi connectivity index (χ4v) is 3.58. The van der Waals surface area contributed by atoms with Gasteiger partial charge in [-0.15, -0.1) is 0 Å². The van der Waals surface area contributed by atoms with Gasteiger partial charge < -0.3 is 35.3 Å². The molecule has 1 atom stereocenters. The van der Waals surface area contributed by atoms with E-state index in [1.54, 1.807) is 55.6 Å². The molecule has 0 aliphatic carbocycles. The number of hydrogen-bond acceptors (Lipinski definition) is 9. The fourth-order valence-electron chi connectivity index (χ4n) is 3.58. The number of rotatable bonds is 7. The van der Waals surface area contributed by atoms with Gasteiger partial charge in [-0.2, -0.15) is 5.26 Å². The van der Waals surface area contributed by atoms with E-state index in [9.17, 15) is 19.6 Å². The van der Waals surface area contributed by atoms with Gasteiger partial charge in [0, 0.05) is 11.4 Å². The maximum Gasteiger partial charge on any atom is 0.338 e. The highest BCUT2D eigenvalue weighted by Gasteiger charge is 2.38. The lowest BCUT2D eigenvalue weighted by molar-refractivity contribution is -0.140. The molecule has 1 aliphatic heterocycles. The number of nitrogens with zero attached hydrogens (tertiary/aromatic N) is 1. The second-order valence-corrected chi connectivity index (χ2v) is 7.44. The molecule has 11 heteroatoms. The van der Waals surface area contributed by atoms with Gasteiger partial charge in [0.2, 0.25) is 5.88 Å². The van der Waals surface area contributed by atoms with Gasteiger partial charge >= 0.3 is 18.0 Å². The molecule has 1 heterocycles. The number of ether oxygens (including phenoxy) is 4. The van der Waals surface area contributed by atoms with E-state index in [4.69, 9.17) is 19.9 Å². The average molecular weight is 492 g/mol. The minimum absolute atomic E-state index is 0.0520. The van der Waals surface area contributed by atoms with E-state index in [-0.39, 0.29) is 22.8 Å². The minimum Gasteiger partial charge on any atom is -0.497 e. The molecular weight excluding hydrogens is 468 g/mol. The van der Waals surface area contributed by atoms with Gasteiger partial charge in [0.25, 0.3) is 0 Å². The van der Waals surface area contributed by atoms with Crippen LogP contribution >= 0.6 is 0 Å². The Hall–Kier alpha value is -4.98. The fraction of sp³-hybridized carbons (Fsp3) is 0.200. The zero-order valence-corrected chi connectivity index (χ0v) is 19.8. The van der Waals surface area contributed by atoms with Crippen molar-refractivity contribution in [3.8, 4) is 11.8 Å². The second-order valence-electron chi connectivity index (χ2n) is 7.44. The summed E-state index contributed by atoms with van der Waals surface area (Å²) >= 11 is 0. The van der Waals surface area contributed by atoms with Crippen LogP contribution in [0.25, 0.3) is 0 Å². The lowest BCUT2D eigenvalue weighted by Gasteiger charge is -2.27. The zero-order valence-electron chi connectivity index (χ0n) is 19.8. The summed E-state index contributed by atoms with van der Waals surface area (Å²) in [6.45, 7) is 0. The molecule has 0 aromatic heterocycles. The maximum absolute atomic E-state index is 12.7. The molecule has 0 saturated heterocycles. The van der Waals surface area contributed by atoms with Gasteiger partial charge in [0.1, 0.15) is 29.6 Å². The third-order valence-corrected chi connectivity index (χ3v) is 5.26. The predicted octanol–water partition coefficient (Wildman–Crippen LogP) is 3.14. The van der Waals surface area contributed by atoms with E-state index in [0.717, 1.165) is 7.11 Å². The molecule has 2 amide bonds. The standard InChI is InChI=1S/C25H24N4O7/c1-33-17-9-7-15(8-10-17)28-25(32)29-16-6-4-5-14(11-16)21-18(13-26)23(27)36-19(12-20(30)34-2)22(21)24(31)35-3/h4-11,21H,12,27H2,1-3H3,(H2,28,29,32). The average Bonchev–Trinajstić information content (AvgIpc) is 2.88. The highest BCUT2D eigenvalue weighted by atomic mass is 16.5. The molecule has 36 heavy (non-hydrogen) atoms. The van der Waals surface area contributed by atoms with Crippen molar-refractivity contribution in [3.63, 3.8) is 0 Å². The molecule has 4 N–H and O–H groups in total. The molecular formula is C25H24N4O7. The summed E-state index contributed by atoms with van der Waals surface area (Å²) in [6.07, 6.45) is -0.404. The van der Waals surface area contributed by atoms with Crippen LogP contribution in [-0.4, -0.2) is 39.3 Å². The van der Waals surface area contributed by atoms with Gasteiger partial charge in [-0.1, -0.05) is 12.1 Å². The highest BCUT2D eigenvalue weighted by molar-refractivity contribution is 6.00. The number of nitriles is 1. The minimum atomic E-state index is -1.01. The van der Waals surface area contributed by atoms with Crippen LogP contribution in [0.1, 0.15) is 17.9 Å². The van der Waals surface area contributed by atoms with Crippen molar-refractivity contribution in [2.45, 2.75) is 12.3 Å². The number of nitrogens with one attached hydrogen (secondary N) is 2. The first kappa shape index (κ1) is 25.6. The normalized spacial score (nSPS) is 14.8. The third-order valence-electron chi connectivity index (χ3n) is 5.26. The number of carbonyl (C=O) groups excluding carboxylic acids is 3. The Bertz CT molecular complexity index is 1280. The summed E-state index contributed by atoms with van der Waals surface area (Å²) in [6, 6.07) is 14.7. The van der Waals surface area contributed by atoms with E-state index in [1.807, 2.05) is 6.07 Å². The topological polar surface area (TPSA) is 162 Å². The Morgan fingerprint density at radius 1 is 1.03 bits per heavy atom. The second kappa shape index (κ2) is 11.4.